The lowest BCUT2D eigenvalue weighted by Gasteiger charge is -2.14. The molecule has 2 aromatic rings. The van der Waals surface area contributed by atoms with E-state index in [0.717, 1.165) is 22.2 Å². The lowest BCUT2D eigenvalue weighted by molar-refractivity contribution is 0.507. The molecule has 3 N–H and O–H groups in total. The van der Waals surface area contributed by atoms with Gasteiger partial charge in [-0.15, -0.1) is 11.8 Å². The van der Waals surface area contributed by atoms with Crippen LogP contribution in [-0.2, 0) is 6.54 Å². The van der Waals surface area contributed by atoms with Crippen molar-refractivity contribution in [2.24, 2.45) is 5.73 Å². The van der Waals surface area contributed by atoms with Crippen molar-refractivity contribution in [1.29, 1.82) is 0 Å². The molecule has 6 heteroatoms. The molecule has 0 saturated carbocycles. The Labute approximate surface area is 131 Å². The third-order valence-electron chi connectivity index (χ3n) is 2.96. The minimum absolute atomic E-state index is 0.299. The second-order valence-corrected chi connectivity index (χ2v) is 5.64. The average Bonchev–Trinajstić information content (AvgIpc) is 2.47. The molecule has 0 aromatic heterocycles. The Bertz CT molecular complexity index is 675. The van der Waals surface area contributed by atoms with Gasteiger partial charge in [0.25, 0.3) is 0 Å². The van der Waals surface area contributed by atoms with E-state index in [1.54, 1.807) is 11.8 Å². The number of hydrogen-bond donors (Lipinski definition) is 2. The first-order chi connectivity index (χ1) is 10.0. The number of thiocarbonyl (C=S) groups is 1. The molecule has 0 bridgehead atoms. The highest BCUT2D eigenvalue weighted by Gasteiger charge is 2.10. The number of hydrogen-bond acceptors (Lipinski definition) is 3. The molecular formula is C15H14F2N2S2. The highest BCUT2D eigenvalue weighted by Crippen LogP contribution is 2.27. The number of rotatable bonds is 5. The maximum absolute atomic E-state index is 13.2. The normalized spacial score (nSPS) is 10.4. The Morgan fingerprint density at radius 1 is 1.24 bits per heavy atom. The van der Waals surface area contributed by atoms with Crippen LogP contribution in [0.3, 0.4) is 0 Å². The van der Waals surface area contributed by atoms with Crippen LogP contribution in [0, 0.1) is 11.6 Å². The molecule has 0 amide bonds. The Kier molecular flexibility index (Phi) is 5.14. The molecule has 0 heterocycles. The molecule has 0 unspecified atom stereocenters. The number of halogens is 2. The highest BCUT2D eigenvalue weighted by atomic mass is 32.2. The van der Waals surface area contributed by atoms with Gasteiger partial charge < -0.3 is 11.1 Å². The van der Waals surface area contributed by atoms with Crippen LogP contribution >= 0.6 is 24.0 Å². The SMILES string of the molecule is CSc1cccc(NCc2ccc(F)c(F)c2)c1C(N)=S. The fourth-order valence-corrected chi connectivity index (χ4v) is 2.87. The van der Waals surface area contributed by atoms with Crippen molar-refractivity contribution in [2.45, 2.75) is 11.4 Å². The topological polar surface area (TPSA) is 38.0 Å². The van der Waals surface area contributed by atoms with Gasteiger partial charge in [0, 0.05) is 22.7 Å². The second kappa shape index (κ2) is 6.87. The van der Waals surface area contributed by atoms with E-state index in [0.29, 0.717) is 17.1 Å². The van der Waals surface area contributed by atoms with Gasteiger partial charge in [-0.05, 0) is 36.1 Å². The van der Waals surface area contributed by atoms with Crippen molar-refractivity contribution in [3.63, 3.8) is 0 Å². The van der Waals surface area contributed by atoms with Crippen LogP contribution in [0.25, 0.3) is 0 Å². The summed E-state index contributed by atoms with van der Waals surface area (Å²) in [6.45, 7) is 0.352. The summed E-state index contributed by atoms with van der Waals surface area (Å²) in [5, 5.41) is 3.16. The fourth-order valence-electron chi connectivity index (χ4n) is 1.95. The molecule has 0 atom stereocenters. The van der Waals surface area contributed by atoms with Gasteiger partial charge in [-0.2, -0.15) is 0 Å². The number of nitrogens with one attached hydrogen (secondary N) is 1. The molecule has 2 aromatic carbocycles. The molecular weight excluding hydrogens is 310 g/mol. The minimum Gasteiger partial charge on any atom is -0.389 e. The van der Waals surface area contributed by atoms with Crippen LogP contribution in [0.15, 0.2) is 41.3 Å². The Morgan fingerprint density at radius 2 is 2.00 bits per heavy atom. The summed E-state index contributed by atoms with van der Waals surface area (Å²) in [5.41, 5.74) is 7.95. The van der Waals surface area contributed by atoms with Crippen molar-refractivity contribution in [2.75, 3.05) is 11.6 Å². The molecule has 0 spiro atoms. The number of benzene rings is 2. The Balaban J connectivity index is 2.23. The van der Waals surface area contributed by atoms with Gasteiger partial charge in [-0.3, -0.25) is 0 Å². The standard InChI is InChI=1S/C15H14F2N2S2/c1-21-13-4-2-3-12(14(13)15(18)20)19-8-9-5-6-10(16)11(17)7-9/h2-7,19H,8H2,1H3,(H2,18,20). The molecule has 21 heavy (non-hydrogen) atoms. The summed E-state index contributed by atoms with van der Waals surface area (Å²) in [6, 6.07) is 9.49. The fraction of sp³-hybridized carbons (Fsp3) is 0.133. The maximum Gasteiger partial charge on any atom is 0.159 e. The third kappa shape index (κ3) is 3.71. The molecule has 2 rings (SSSR count). The first-order valence-corrected chi connectivity index (χ1v) is 7.81. The van der Waals surface area contributed by atoms with E-state index >= 15 is 0 Å². The van der Waals surface area contributed by atoms with Gasteiger partial charge in [0.1, 0.15) is 4.99 Å². The molecule has 0 saturated heterocycles. The average molecular weight is 324 g/mol. The third-order valence-corrected chi connectivity index (χ3v) is 3.94. The van der Waals surface area contributed by atoms with Crippen molar-refractivity contribution in [3.05, 3.63) is 59.2 Å². The van der Waals surface area contributed by atoms with Crippen LogP contribution in [0.1, 0.15) is 11.1 Å². The Hall–Kier alpha value is -1.66. The minimum atomic E-state index is -0.860. The molecule has 0 aliphatic rings. The predicted molar refractivity (Wildman–Crippen MR) is 87.8 cm³/mol. The summed E-state index contributed by atoms with van der Waals surface area (Å²) < 4.78 is 26.1. The largest absolute Gasteiger partial charge is 0.389 e. The quantitative estimate of drug-likeness (QED) is 0.645. The highest BCUT2D eigenvalue weighted by molar-refractivity contribution is 7.98. The summed E-state index contributed by atoms with van der Waals surface area (Å²) in [7, 11) is 0. The molecule has 0 fully saturated rings. The van der Waals surface area contributed by atoms with Gasteiger partial charge in [0.05, 0.1) is 0 Å². The molecule has 2 nitrogen and oxygen atoms in total. The van der Waals surface area contributed by atoms with Crippen LogP contribution < -0.4 is 11.1 Å². The van der Waals surface area contributed by atoms with Gasteiger partial charge in [0.15, 0.2) is 11.6 Å². The number of nitrogens with two attached hydrogens (primary N) is 1. The summed E-state index contributed by atoms with van der Waals surface area (Å²) >= 11 is 6.63. The zero-order valence-corrected chi connectivity index (χ0v) is 13.0. The van der Waals surface area contributed by atoms with E-state index in [9.17, 15) is 8.78 Å². The van der Waals surface area contributed by atoms with E-state index in [1.165, 1.54) is 12.1 Å². The van der Waals surface area contributed by atoms with Crippen molar-refractivity contribution in [1.82, 2.24) is 0 Å². The van der Waals surface area contributed by atoms with E-state index in [1.807, 2.05) is 24.5 Å². The summed E-state index contributed by atoms with van der Waals surface area (Å²) in [4.78, 5) is 1.27. The van der Waals surface area contributed by atoms with Gasteiger partial charge in [-0.25, -0.2) is 8.78 Å². The molecule has 0 aliphatic heterocycles. The van der Waals surface area contributed by atoms with Crippen molar-refractivity contribution >= 4 is 34.7 Å². The lowest BCUT2D eigenvalue weighted by Crippen LogP contribution is -2.14. The van der Waals surface area contributed by atoms with Crippen molar-refractivity contribution < 1.29 is 8.78 Å². The van der Waals surface area contributed by atoms with Crippen molar-refractivity contribution in [3.8, 4) is 0 Å². The second-order valence-electron chi connectivity index (χ2n) is 4.35. The van der Waals surface area contributed by atoms with Crippen LogP contribution in [-0.4, -0.2) is 11.2 Å². The number of anilines is 1. The molecule has 0 radical (unpaired) electrons. The van der Waals surface area contributed by atoms with E-state index in [4.69, 9.17) is 18.0 Å². The van der Waals surface area contributed by atoms with Gasteiger partial charge in [-0.1, -0.05) is 24.4 Å². The van der Waals surface area contributed by atoms with Crippen LogP contribution in [0.5, 0.6) is 0 Å². The van der Waals surface area contributed by atoms with E-state index < -0.39 is 11.6 Å². The van der Waals surface area contributed by atoms with Crippen LogP contribution in [0.2, 0.25) is 0 Å². The Morgan fingerprint density at radius 3 is 2.62 bits per heavy atom. The van der Waals surface area contributed by atoms with Crippen LogP contribution in [0.4, 0.5) is 14.5 Å². The molecule has 0 aliphatic carbocycles. The smallest absolute Gasteiger partial charge is 0.159 e. The summed E-state index contributed by atoms with van der Waals surface area (Å²) in [5.74, 6) is -1.71. The first-order valence-electron chi connectivity index (χ1n) is 6.17. The zero-order chi connectivity index (χ0) is 15.4. The van der Waals surface area contributed by atoms with Gasteiger partial charge >= 0.3 is 0 Å². The van der Waals surface area contributed by atoms with Gasteiger partial charge in [0.2, 0.25) is 0 Å². The summed E-state index contributed by atoms with van der Waals surface area (Å²) in [6.07, 6.45) is 1.94. The first kappa shape index (κ1) is 15.7. The maximum atomic E-state index is 13.2. The monoisotopic (exact) mass is 324 g/mol. The number of thioether (sulfide) groups is 1. The zero-order valence-electron chi connectivity index (χ0n) is 11.3. The van der Waals surface area contributed by atoms with E-state index in [2.05, 4.69) is 5.32 Å². The van der Waals surface area contributed by atoms with E-state index in [-0.39, 0.29) is 0 Å². The lowest BCUT2D eigenvalue weighted by atomic mass is 10.1. The predicted octanol–water partition coefficient (Wildman–Crippen LogP) is 3.93. The molecule has 110 valence electrons.